The summed E-state index contributed by atoms with van der Waals surface area (Å²) in [7, 11) is 3.25. The highest BCUT2D eigenvalue weighted by atomic mass is 16.5. The fourth-order valence-corrected chi connectivity index (χ4v) is 1.65. The molecule has 106 valence electrons. The van der Waals surface area contributed by atoms with Crippen molar-refractivity contribution < 1.29 is 14.3 Å². The molecule has 1 rings (SSSR count). The van der Waals surface area contributed by atoms with Gasteiger partial charge in [0.2, 0.25) is 5.91 Å². The number of hydrogen-bond donors (Lipinski definition) is 2. The number of carbonyl (C=O) groups excluding carboxylic acids is 1. The van der Waals surface area contributed by atoms with Crippen molar-refractivity contribution >= 4 is 11.6 Å². The van der Waals surface area contributed by atoms with Gasteiger partial charge in [0, 0.05) is 26.5 Å². The lowest BCUT2D eigenvalue weighted by molar-refractivity contribution is -0.115. The lowest BCUT2D eigenvalue weighted by atomic mass is 10.2. The summed E-state index contributed by atoms with van der Waals surface area (Å²) in [6.07, 6.45) is -0.0451. The van der Waals surface area contributed by atoms with Crippen molar-refractivity contribution in [3.63, 3.8) is 0 Å². The molecule has 0 aliphatic carbocycles. The van der Waals surface area contributed by atoms with Gasteiger partial charge in [-0.3, -0.25) is 4.79 Å². The molecule has 0 bridgehead atoms. The minimum absolute atomic E-state index is 0.0451. The van der Waals surface area contributed by atoms with Crippen LogP contribution in [0.15, 0.2) is 24.3 Å². The maximum Gasteiger partial charge on any atom is 0.238 e. The zero-order valence-corrected chi connectivity index (χ0v) is 11.7. The zero-order chi connectivity index (χ0) is 14.1. The van der Waals surface area contributed by atoms with Crippen LogP contribution in [-0.2, 0) is 14.3 Å². The number of para-hydroxylation sites is 1. The Bertz CT molecular complexity index is 396. The molecule has 5 nitrogen and oxygen atoms in total. The first-order valence-electron chi connectivity index (χ1n) is 6.25. The van der Waals surface area contributed by atoms with Crippen molar-refractivity contribution in [2.75, 3.05) is 39.2 Å². The average Bonchev–Trinajstić information content (AvgIpc) is 2.40. The van der Waals surface area contributed by atoms with E-state index in [0.717, 1.165) is 11.3 Å². The van der Waals surface area contributed by atoms with Crippen LogP contribution in [0.2, 0.25) is 0 Å². The van der Waals surface area contributed by atoms with E-state index in [0.29, 0.717) is 13.2 Å². The summed E-state index contributed by atoms with van der Waals surface area (Å²) in [5.74, 6) is -0.0680. The Morgan fingerprint density at radius 3 is 2.68 bits per heavy atom. The van der Waals surface area contributed by atoms with E-state index >= 15 is 0 Å². The highest BCUT2D eigenvalue weighted by Crippen LogP contribution is 2.12. The van der Waals surface area contributed by atoms with Gasteiger partial charge in [-0.15, -0.1) is 0 Å². The number of methoxy groups -OCH3 is 2. The predicted molar refractivity (Wildman–Crippen MR) is 75.4 cm³/mol. The smallest absolute Gasteiger partial charge is 0.238 e. The summed E-state index contributed by atoms with van der Waals surface area (Å²) in [4.78, 5) is 11.7. The Morgan fingerprint density at radius 2 is 2.05 bits per heavy atom. The molecule has 0 heterocycles. The van der Waals surface area contributed by atoms with Crippen molar-refractivity contribution in [3.05, 3.63) is 29.8 Å². The third kappa shape index (κ3) is 5.83. The van der Waals surface area contributed by atoms with Crippen LogP contribution >= 0.6 is 0 Å². The minimum atomic E-state index is -0.0680. The highest BCUT2D eigenvalue weighted by molar-refractivity contribution is 5.92. The van der Waals surface area contributed by atoms with Crippen LogP contribution in [0.1, 0.15) is 5.56 Å². The number of nitrogens with one attached hydrogen (secondary N) is 2. The van der Waals surface area contributed by atoms with Gasteiger partial charge in [-0.25, -0.2) is 0 Å². The van der Waals surface area contributed by atoms with E-state index in [1.165, 1.54) is 0 Å². The summed E-state index contributed by atoms with van der Waals surface area (Å²) in [6, 6.07) is 7.69. The lowest BCUT2D eigenvalue weighted by Gasteiger charge is -2.15. The van der Waals surface area contributed by atoms with E-state index in [4.69, 9.17) is 9.47 Å². The van der Waals surface area contributed by atoms with Gasteiger partial charge in [0.1, 0.15) is 0 Å². The number of benzene rings is 1. The van der Waals surface area contributed by atoms with Crippen molar-refractivity contribution in [2.45, 2.75) is 13.0 Å². The fourth-order valence-electron chi connectivity index (χ4n) is 1.65. The van der Waals surface area contributed by atoms with Crippen LogP contribution in [0.25, 0.3) is 0 Å². The van der Waals surface area contributed by atoms with E-state index < -0.39 is 0 Å². The van der Waals surface area contributed by atoms with Gasteiger partial charge >= 0.3 is 0 Å². The van der Waals surface area contributed by atoms with E-state index in [9.17, 15) is 4.79 Å². The summed E-state index contributed by atoms with van der Waals surface area (Å²) >= 11 is 0. The number of carbonyl (C=O) groups is 1. The summed E-state index contributed by atoms with van der Waals surface area (Å²) in [5, 5.41) is 5.90. The molecule has 0 spiro atoms. The molecule has 0 aromatic heterocycles. The second kappa shape index (κ2) is 8.63. The molecule has 1 aromatic rings. The van der Waals surface area contributed by atoms with E-state index in [1.54, 1.807) is 14.2 Å². The van der Waals surface area contributed by atoms with Crippen LogP contribution in [0.4, 0.5) is 5.69 Å². The fraction of sp³-hybridized carbons (Fsp3) is 0.500. The topological polar surface area (TPSA) is 59.6 Å². The molecule has 0 radical (unpaired) electrons. The van der Waals surface area contributed by atoms with Gasteiger partial charge in [0.25, 0.3) is 0 Å². The lowest BCUT2D eigenvalue weighted by Crippen LogP contribution is -2.36. The normalized spacial score (nSPS) is 12.2. The van der Waals surface area contributed by atoms with Crippen LogP contribution in [0, 0.1) is 6.92 Å². The van der Waals surface area contributed by atoms with E-state index in [2.05, 4.69) is 10.6 Å². The van der Waals surface area contributed by atoms with Gasteiger partial charge in [-0.1, -0.05) is 18.2 Å². The number of anilines is 1. The Labute approximate surface area is 114 Å². The number of rotatable bonds is 8. The largest absolute Gasteiger partial charge is 0.382 e. The minimum Gasteiger partial charge on any atom is -0.382 e. The molecule has 1 amide bonds. The van der Waals surface area contributed by atoms with Crippen LogP contribution in [0.3, 0.4) is 0 Å². The first kappa shape index (κ1) is 15.6. The highest BCUT2D eigenvalue weighted by Gasteiger charge is 2.08. The molecule has 1 unspecified atom stereocenters. The summed E-state index contributed by atoms with van der Waals surface area (Å²) < 4.78 is 10.2. The zero-order valence-electron chi connectivity index (χ0n) is 11.7. The molecule has 5 heteroatoms. The molecule has 1 aromatic carbocycles. The number of ether oxygens (including phenoxy) is 2. The van der Waals surface area contributed by atoms with Crippen LogP contribution in [-0.4, -0.2) is 45.9 Å². The maximum atomic E-state index is 11.7. The average molecular weight is 266 g/mol. The van der Waals surface area contributed by atoms with Crippen molar-refractivity contribution in [2.24, 2.45) is 0 Å². The number of hydrogen-bond acceptors (Lipinski definition) is 4. The monoisotopic (exact) mass is 266 g/mol. The Morgan fingerprint density at radius 1 is 1.32 bits per heavy atom. The SMILES string of the molecule is COCC(CNCC(=O)Nc1ccccc1C)OC. The van der Waals surface area contributed by atoms with Crippen molar-refractivity contribution in [3.8, 4) is 0 Å². The molecular weight excluding hydrogens is 244 g/mol. The third-order valence-corrected chi connectivity index (χ3v) is 2.76. The van der Waals surface area contributed by atoms with Gasteiger partial charge in [-0.2, -0.15) is 0 Å². The van der Waals surface area contributed by atoms with Crippen molar-refractivity contribution in [1.29, 1.82) is 0 Å². The van der Waals surface area contributed by atoms with E-state index in [-0.39, 0.29) is 18.6 Å². The summed E-state index contributed by atoms with van der Waals surface area (Å²) in [6.45, 7) is 3.29. The molecular formula is C14H22N2O3. The number of amides is 1. The molecule has 19 heavy (non-hydrogen) atoms. The van der Waals surface area contributed by atoms with E-state index in [1.807, 2.05) is 31.2 Å². The molecule has 0 aliphatic heterocycles. The third-order valence-electron chi connectivity index (χ3n) is 2.76. The maximum absolute atomic E-state index is 11.7. The molecule has 0 saturated carbocycles. The summed E-state index contributed by atoms with van der Waals surface area (Å²) in [5.41, 5.74) is 1.89. The Kier molecular flexibility index (Phi) is 7.10. The second-order valence-corrected chi connectivity index (χ2v) is 4.31. The Hall–Kier alpha value is -1.43. The molecule has 0 fully saturated rings. The first-order chi connectivity index (χ1) is 9.17. The van der Waals surface area contributed by atoms with Gasteiger partial charge in [-0.05, 0) is 18.6 Å². The second-order valence-electron chi connectivity index (χ2n) is 4.31. The first-order valence-corrected chi connectivity index (χ1v) is 6.25. The Balaban J connectivity index is 2.30. The van der Waals surface area contributed by atoms with Gasteiger partial charge in [0.15, 0.2) is 0 Å². The number of aryl methyl sites for hydroxylation is 1. The molecule has 1 atom stereocenters. The van der Waals surface area contributed by atoms with Gasteiger partial charge in [0.05, 0.1) is 19.3 Å². The molecule has 2 N–H and O–H groups in total. The van der Waals surface area contributed by atoms with Gasteiger partial charge < -0.3 is 20.1 Å². The van der Waals surface area contributed by atoms with Crippen molar-refractivity contribution in [1.82, 2.24) is 5.32 Å². The molecule has 0 aliphatic rings. The molecule has 0 saturated heterocycles. The standard InChI is InChI=1S/C14H22N2O3/c1-11-6-4-5-7-13(11)16-14(17)9-15-8-12(19-3)10-18-2/h4-7,12,15H,8-10H2,1-3H3,(H,16,17). The van der Waals surface area contributed by atoms with Crippen LogP contribution < -0.4 is 10.6 Å². The quantitative estimate of drug-likeness (QED) is 0.742. The van der Waals surface area contributed by atoms with Crippen LogP contribution in [0.5, 0.6) is 0 Å². The predicted octanol–water partition coefficient (Wildman–Crippen LogP) is 1.18.